The van der Waals surface area contributed by atoms with Gasteiger partial charge in [-0.25, -0.2) is 42.1 Å². The van der Waals surface area contributed by atoms with E-state index in [0.717, 1.165) is 109 Å². The van der Waals surface area contributed by atoms with E-state index in [2.05, 4.69) is 93.5 Å². The second-order valence-corrected chi connectivity index (χ2v) is 61.1. The van der Waals surface area contributed by atoms with Gasteiger partial charge in [0.15, 0.2) is 75.0 Å². The van der Waals surface area contributed by atoms with E-state index in [4.69, 9.17) is 31.6 Å². The molecule has 0 rings (SSSR count). The Morgan fingerprint density at radius 1 is 0.300 bits per heavy atom. The Morgan fingerprint density at radius 3 is 0.685 bits per heavy atom. The van der Waals surface area contributed by atoms with Gasteiger partial charge in [-0.3, -0.25) is 24.0 Å². The molecule has 0 aromatic carbocycles. The summed E-state index contributed by atoms with van der Waals surface area (Å²) in [6, 6.07) is 3.55. The van der Waals surface area contributed by atoms with Crippen LogP contribution in [0.5, 0.6) is 0 Å². The molecular formula is C86H198F4O30S5Si5. The Kier molecular flexibility index (Phi) is 127. The first kappa shape index (κ1) is 176. The Balaban J connectivity index is -0.0000000631. The molecule has 2 unspecified atom stereocenters. The van der Waals surface area contributed by atoms with Crippen molar-refractivity contribution in [2.24, 2.45) is 0 Å². The Hall–Kier alpha value is -3.15. The lowest BCUT2D eigenvalue weighted by Crippen LogP contribution is -2.35. The van der Waals surface area contributed by atoms with Crippen molar-refractivity contribution < 1.29 is 152 Å². The summed E-state index contributed by atoms with van der Waals surface area (Å²) in [5.41, 5.74) is 0.898. The van der Waals surface area contributed by atoms with Gasteiger partial charge < -0.3 is 68.6 Å². The van der Waals surface area contributed by atoms with Gasteiger partial charge in [0.05, 0.1) is 47.6 Å². The largest absolute Gasteiger partial charge is 0.748 e. The van der Waals surface area contributed by atoms with Crippen molar-refractivity contribution in [2.45, 2.75) is 412 Å². The Labute approximate surface area is 803 Å². The summed E-state index contributed by atoms with van der Waals surface area (Å²) in [6.45, 7) is 21.6. The van der Waals surface area contributed by atoms with Crippen LogP contribution in [0.3, 0.4) is 0 Å². The van der Waals surface area contributed by atoms with E-state index >= 15 is 0 Å². The molecule has 30 nitrogen and oxygen atoms in total. The molecule has 0 N–H and O–H groups in total. The molecule has 0 aliphatic heterocycles. The van der Waals surface area contributed by atoms with Crippen LogP contribution in [0, 0.1) is 37.1 Å². The second kappa shape index (κ2) is 93.5. The molecule has 0 aliphatic rings. The molecule has 0 saturated heterocycles. The van der Waals surface area contributed by atoms with Crippen LogP contribution in [0.25, 0.3) is 0 Å². The Bertz CT molecular complexity index is 3210. The normalized spacial score (nSPS) is 11.7. The molecule has 130 heavy (non-hydrogen) atoms. The molecule has 0 aromatic heterocycles. The predicted molar refractivity (Wildman–Crippen MR) is 540 cm³/mol. The summed E-state index contributed by atoms with van der Waals surface area (Å²) in [7, 11) is -23.4. The summed E-state index contributed by atoms with van der Waals surface area (Å²) < 4.78 is 256. The average Bonchev–Trinajstić information content (AvgIpc) is 0.844. The van der Waals surface area contributed by atoms with E-state index in [1.165, 1.54) is 69.9 Å². The first-order valence-electron chi connectivity index (χ1n) is 39.7. The van der Waals surface area contributed by atoms with E-state index in [9.17, 15) is 106 Å². The lowest BCUT2D eigenvalue weighted by atomic mass is 10.1. The van der Waals surface area contributed by atoms with Crippen molar-refractivity contribution in [3.05, 3.63) is 37.1 Å². The molecule has 0 bridgehead atoms. The minimum Gasteiger partial charge on any atom is -0.748 e. The van der Waals surface area contributed by atoms with E-state index in [-0.39, 0.29) is 163 Å². The SMILES string of the molecule is C.C.C.C.C.C.C.C.C.C.CCC(CCCC(=O)OCCS(=O)(=O)[O-])[Si](C)(C)OC.CO[Si](C)(C)C(C)CCCC(=O)OCCS(=O)(=O)[O-].CO[Si](C)(C)CCCCCCCCCC(=O)OCC(F)(F)S(=O)(=O)[O-].CO[Si](C)(C)CCCCCCCCCCC(=O)OCCS(=O)(=O)[O-].CO[Si](C)(C)CCCCCCCCCCCC(=O)OCC(F)(F)S(=O)(=O)[O-].[CH3+].[CH3+].[CH3+].[CH3+].[CH3+]. The summed E-state index contributed by atoms with van der Waals surface area (Å²) in [5.74, 6) is -5.17. The summed E-state index contributed by atoms with van der Waals surface area (Å²) in [6.07, 6.45) is 29.5. The van der Waals surface area contributed by atoms with Crippen LogP contribution < -0.4 is 0 Å². The van der Waals surface area contributed by atoms with Crippen molar-refractivity contribution in [3.8, 4) is 0 Å². The quantitative estimate of drug-likeness (QED) is 0.0104. The van der Waals surface area contributed by atoms with Crippen LogP contribution in [0.2, 0.25) is 94.7 Å². The van der Waals surface area contributed by atoms with Crippen molar-refractivity contribution in [3.63, 3.8) is 0 Å². The predicted octanol–water partition coefficient (Wildman–Crippen LogP) is 23.5. The maximum absolute atomic E-state index is 12.8. The Morgan fingerprint density at radius 2 is 0.492 bits per heavy atom. The lowest BCUT2D eigenvalue weighted by Gasteiger charge is -2.29. The molecule has 800 valence electrons. The van der Waals surface area contributed by atoms with Gasteiger partial charge in [-0.05, 0) is 127 Å². The van der Waals surface area contributed by atoms with Gasteiger partial charge in [0.1, 0.15) is 19.8 Å². The molecular weight excluding hydrogens is 1890 g/mol. The highest BCUT2D eigenvalue weighted by Gasteiger charge is 2.40. The van der Waals surface area contributed by atoms with Gasteiger partial charge in [-0.15, -0.1) is 0 Å². The smallest absolute Gasteiger partial charge is 0.367 e. The molecule has 0 heterocycles. The van der Waals surface area contributed by atoms with Crippen molar-refractivity contribution in [2.75, 3.05) is 85.8 Å². The maximum atomic E-state index is 12.8. The zero-order chi connectivity index (χ0) is 89.9. The number of unbranched alkanes of at least 4 members (excludes halogenated alkanes) is 21. The highest BCUT2D eigenvalue weighted by Crippen LogP contribution is 2.32. The number of alkyl halides is 4. The van der Waals surface area contributed by atoms with Gasteiger partial charge in [0, 0.05) is 105 Å². The number of halogens is 4. The molecule has 0 radical (unpaired) electrons. The number of rotatable bonds is 64. The van der Waals surface area contributed by atoms with Gasteiger partial charge in [0.25, 0.3) is 0 Å². The van der Waals surface area contributed by atoms with E-state index in [1.54, 1.807) is 28.4 Å². The molecule has 0 fully saturated rings. The number of carbonyl (C=O) groups excluding carboxylic acids is 5. The average molecular weight is 2090 g/mol. The third kappa shape index (κ3) is 112. The van der Waals surface area contributed by atoms with E-state index in [0.29, 0.717) is 36.8 Å². The zero-order valence-electron chi connectivity index (χ0n) is 76.8. The number of hydrogen-bond donors (Lipinski definition) is 0. The highest BCUT2D eigenvalue weighted by molar-refractivity contribution is 7.87. The van der Waals surface area contributed by atoms with Crippen LogP contribution in [-0.4, -0.2) is 233 Å². The fourth-order valence-corrected chi connectivity index (χ4v) is 19.1. The van der Waals surface area contributed by atoms with Gasteiger partial charge in [-0.2, -0.15) is 17.6 Å². The lowest BCUT2D eigenvalue weighted by molar-refractivity contribution is -0.150. The minimum atomic E-state index is -5.82. The standard InChI is InChI=1S/C17H34F2O6SSi.C16H34O6SSi.C15H30F2O6SSi.C12H26O6SSi.C11H24O6SSi.10CH4.5CH3/c1-24-27(2,3)14-12-10-8-6-4-5-7-9-11-13-16(20)25-15-17(18,19)26(21,22)23;1-21-24(2,3)15-11-9-7-5-4-6-8-10-12-16(17)22-13-14-23(18,19)20;1-22-25(2,3)12-10-8-6-4-5-7-9-11-14(18)23-13-15(16,17)24(19,20)21;1-5-11(20(3,4)17-2)7-6-8-12(13)18-9-10-19(14,15)16;1-10(19(3,4)16-2)6-5-7-11(12)17-8-9-18(13,14)15;;;;;;;;;;;;;;;/h4-15H2,1-3H3,(H,21,22,23);4-15H2,1-3H3,(H,18,19,20);4-13H2,1-3H3,(H,19,20,21);11H,5-10H2,1-4H3,(H,14,15,16);10H,5-9H2,1-4H3,(H,13,14,15);10*1H4;5*1H3/q;;;;;;;;;;;;;;;5*+1/p-5. The first-order valence-corrected chi connectivity index (χ1v) is 62.6. The van der Waals surface area contributed by atoms with Crippen molar-refractivity contribution in [1.82, 2.24) is 0 Å². The van der Waals surface area contributed by atoms with Crippen molar-refractivity contribution in [1.29, 1.82) is 0 Å². The minimum absolute atomic E-state index is 0. The number of ether oxygens (including phenoxy) is 5. The van der Waals surface area contributed by atoms with Gasteiger partial charge >= 0.3 is 40.4 Å². The molecule has 0 spiro atoms. The number of carbonyl (C=O) groups is 5. The third-order valence-electron chi connectivity index (χ3n) is 19.4. The van der Waals surface area contributed by atoms with Crippen LogP contribution in [0.4, 0.5) is 17.6 Å². The summed E-state index contributed by atoms with van der Waals surface area (Å²) in [5, 5.41) is -9.16. The van der Waals surface area contributed by atoms with Gasteiger partial charge in [0.2, 0.25) is 0 Å². The van der Waals surface area contributed by atoms with E-state index in [1.807, 2.05) is 7.11 Å². The van der Waals surface area contributed by atoms with E-state index < -0.39 is 163 Å². The van der Waals surface area contributed by atoms with Crippen LogP contribution in [-0.2, 0) is 120 Å². The molecule has 0 amide bonds. The van der Waals surface area contributed by atoms with Gasteiger partial charge in [-0.1, -0.05) is 242 Å². The fourth-order valence-electron chi connectivity index (χ4n) is 10.4. The van der Waals surface area contributed by atoms with Crippen LogP contribution >= 0.6 is 0 Å². The maximum Gasteiger partial charge on any atom is 0.367 e. The molecule has 0 aromatic rings. The molecule has 0 saturated carbocycles. The number of esters is 5. The second-order valence-electron chi connectivity index (χ2n) is 31.2. The molecule has 0 aliphatic carbocycles. The number of hydrogen-bond acceptors (Lipinski definition) is 30. The first-order chi connectivity index (χ1) is 52.7. The monoisotopic (exact) mass is 2090 g/mol. The topological polar surface area (TPSA) is 464 Å². The van der Waals surface area contributed by atoms with Crippen LogP contribution in [0.15, 0.2) is 0 Å². The van der Waals surface area contributed by atoms with Crippen LogP contribution in [0.1, 0.15) is 306 Å². The zero-order valence-corrected chi connectivity index (χ0v) is 85.9. The van der Waals surface area contributed by atoms with Crippen molar-refractivity contribution >= 4 is 122 Å². The highest BCUT2D eigenvalue weighted by atomic mass is 32.2. The third-order valence-corrected chi connectivity index (χ3v) is 38.5. The fraction of sp³-hybridized carbons (Fsp3) is 0.884. The molecule has 2 atom stereocenters. The summed E-state index contributed by atoms with van der Waals surface area (Å²) in [4.78, 5) is 56.5. The molecule has 44 heteroatoms. The summed E-state index contributed by atoms with van der Waals surface area (Å²) >= 11 is 0.